The number of hydrogen-bond donors (Lipinski definition) is 0. The Morgan fingerprint density at radius 1 is 1.04 bits per heavy atom. The second-order valence-corrected chi connectivity index (χ2v) is 6.16. The number of aromatic nitrogens is 1. The number of hydrogen-bond acceptors (Lipinski definition) is 5. The minimum atomic E-state index is -0.302. The number of benzene rings is 2. The van der Waals surface area contributed by atoms with Crippen molar-refractivity contribution < 1.29 is 18.5 Å². The average molecular weight is 347 g/mol. The largest absolute Gasteiger partial charge is 0.459 e. The van der Waals surface area contributed by atoms with Gasteiger partial charge in [-0.2, -0.15) is 0 Å². The molecule has 4 aromatic rings. The number of nitrogens with zero attached hydrogens (tertiary/aromatic N) is 1. The fourth-order valence-electron chi connectivity index (χ4n) is 2.79. The van der Waals surface area contributed by atoms with Crippen LogP contribution in [0.5, 0.6) is 0 Å². The fourth-order valence-corrected chi connectivity index (χ4v) is 2.79. The Balaban J connectivity index is 1.39. The minimum Gasteiger partial charge on any atom is -0.459 e. The summed E-state index contributed by atoms with van der Waals surface area (Å²) in [6, 6.07) is 19.1. The molecule has 0 aliphatic heterocycles. The number of furan rings is 1. The molecule has 2 heterocycles. The molecule has 5 nitrogen and oxygen atoms in total. The Labute approximate surface area is 150 Å². The summed E-state index contributed by atoms with van der Waals surface area (Å²) in [5.41, 5.74) is 3.36. The van der Waals surface area contributed by atoms with Gasteiger partial charge in [0.25, 0.3) is 0 Å². The molecule has 4 rings (SSSR count). The highest BCUT2D eigenvalue weighted by atomic mass is 16.5. The van der Waals surface area contributed by atoms with E-state index >= 15 is 0 Å². The topological polar surface area (TPSA) is 65.5 Å². The van der Waals surface area contributed by atoms with Gasteiger partial charge in [-0.15, -0.1) is 0 Å². The second-order valence-electron chi connectivity index (χ2n) is 6.16. The van der Waals surface area contributed by atoms with Crippen LogP contribution in [0.25, 0.3) is 22.5 Å². The molecule has 0 spiro atoms. The van der Waals surface area contributed by atoms with Gasteiger partial charge in [-0.05, 0) is 24.6 Å². The molecule has 0 saturated heterocycles. The average Bonchev–Trinajstić information content (AvgIpc) is 3.26. The van der Waals surface area contributed by atoms with E-state index in [4.69, 9.17) is 13.7 Å². The number of ether oxygens (including phenoxy) is 1. The molecule has 0 N–H and O–H groups in total. The van der Waals surface area contributed by atoms with Crippen molar-refractivity contribution in [3.63, 3.8) is 0 Å². The number of esters is 1. The number of rotatable bonds is 5. The van der Waals surface area contributed by atoms with Gasteiger partial charge in [0.1, 0.15) is 17.9 Å². The molecule has 5 heteroatoms. The van der Waals surface area contributed by atoms with Crippen molar-refractivity contribution in [3.8, 4) is 11.5 Å². The number of carbonyl (C=O) groups is 1. The van der Waals surface area contributed by atoms with Crippen LogP contribution >= 0.6 is 0 Å². The first-order valence-corrected chi connectivity index (χ1v) is 8.33. The number of fused-ring (bicyclic) bond motifs is 1. The van der Waals surface area contributed by atoms with E-state index in [1.807, 2.05) is 61.5 Å². The van der Waals surface area contributed by atoms with Crippen LogP contribution in [-0.4, -0.2) is 11.1 Å². The van der Waals surface area contributed by atoms with Gasteiger partial charge in [0.05, 0.1) is 6.42 Å². The predicted octanol–water partition coefficient (Wildman–Crippen LogP) is 4.68. The van der Waals surface area contributed by atoms with Gasteiger partial charge in [0.15, 0.2) is 5.76 Å². The standard InChI is InChI=1S/C21H17NO4/c1-14-5-4-6-15(9-14)10-21(23)24-13-17-12-20(26-22-17)19-11-16-7-2-3-8-18(16)25-19/h2-9,11-12H,10,13H2,1H3. The lowest BCUT2D eigenvalue weighted by Crippen LogP contribution is -2.08. The summed E-state index contributed by atoms with van der Waals surface area (Å²) in [5.74, 6) is 0.797. The molecule has 0 aliphatic rings. The predicted molar refractivity (Wildman–Crippen MR) is 96.4 cm³/mol. The Hall–Kier alpha value is -3.34. The van der Waals surface area contributed by atoms with Gasteiger partial charge in [0, 0.05) is 11.5 Å². The van der Waals surface area contributed by atoms with Crippen molar-refractivity contribution in [2.45, 2.75) is 20.0 Å². The molecule has 2 aromatic heterocycles. The Morgan fingerprint density at radius 3 is 2.77 bits per heavy atom. The van der Waals surface area contributed by atoms with Gasteiger partial charge in [-0.25, -0.2) is 0 Å². The van der Waals surface area contributed by atoms with Crippen molar-refractivity contribution in [1.29, 1.82) is 0 Å². The smallest absolute Gasteiger partial charge is 0.310 e. The molecule has 26 heavy (non-hydrogen) atoms. The van der Waals surface area contributed by atoms with E-state index < -0.39 is 0 Å². The first-order chi connectivity index (χ1) is 12.7. The highest BCUT2D eigenvalue weighted by Gasteiger charge is 2.13. The minimum absolute atomic E-state index is 0.0639. The van der Waals surface area contributed by atoms with Crippen molar-refractivity contribution in [2.75, 3.05) is 0 Å². The lowest BCUT2D eigenvalue weighted by molar-refractivity contribution is -0.144. The highest BCUT2D eigenvalue weighted by Crippen LogP contribution is 2.28. The maximum Gasteiger partial charge on any atom is 0.310 e. The maximum atomic E-state index is 12.0. The van der Waals surface area contributed by atoms with Crippen LogP contribution in [-0.2, 0) is 22.6 Å². The molecule has 0 radical (unpaired) electrons. The fraction of sp³-hybridized carbons (Fsp3) is 0.143. The van der Waals surface area contributed by atoms with E-state index in [0.717, 1.165) is 22.1 Å². The van der Waals surface area contributed by atoms with Crippen molar-refractivity contribution >= 4 is 16.9 Å². The third-order valence-corrected chi connectivity index (χ3v) is 4.04. The van der Waals surface area contributed by atoms with E-state index in [-0.39, 0.29) is 19.0 Å². The Kier molecular flexibility index (Phi) is 4.27. The van der Waals surface area contributed by atoms with Crippen molar-refractivity contribution in [1.82, 2.24) is 5.16 Å². The van der Waals surface area contributed by atoms with Crippen molar-refractivity contribution in [2.24, 2.45) is 0 Å². The first kappa shape index (κ1) is 16.1. The van der Waals surface area contributed by atoms with Crippen LogP contribution in [0.4, 0.5) is 0 Å². The number of aryl methyl sites for hydroxylation is 1. The lowest BCUT2D eigenvalue weighted by Gasteiger charge is -2.03. The molecule has 0 unspecified atom stereocenters. The van der Waals surface area contributed by atoms with Crippen LogP contribution in [0.1, 0.15) is 16.8 Å². The quantitative estimate of drug-likeness (QED) is 0.490. The van der Waals surface area contributed by atoms with E-state index in [0.29, 0.717) is 17.2 Å². The zero-order chi connectivity index (χ0) is 17.9. The van der Waals surface area contributed by atoms with E-state index in [9.17, 15) is 4.79 Å². The monoisotopic (exact) mass is 347 g/mol. The highest BCUT2D eigenvalue weighted by molar-refractivity contribution is 5.81. The van der Waals surface area contributed by atoms with E-state index in [2.05, 4.69) is 5.16 Å². The zero-order valence-electron chi connectivity index (χ0n) is 14.3. The summed E-state index contributed by atoms with van der Waals surface area (Å²) in [5, 5.41) is 4.93. The molecule has 2 aromatic carbocycles. The Morgan fingerprint density at radius 2 is 1.92 bits per heavy atom. The van der Waals surface area contributed by atoms with Gasteiger partial charge in [-0.3, -0.25) is 4.79 Å². The van der Waals surface area contributed by atoms with Crippen LogP contribution in [0.2, 0.25) is 0 Å². The Bertz CT molecular complexity index is 1030. The third-order valence-electron chi connectivity index (χ3n) is 4.04. The molecular formula is C21H17NO4. The van der Waals surface area contributed by atoms with E-state index in [1.165, 1.54) is 0 Å². The lowest BCUT2D eigenvalue weighted by atomic mass is 10.1. The summed E-state index contributed by atoms with van der Waals surface area (Å²) in [4.78, 5) is 12.0. The van der Waals surface area contributed by atoms with Crippen LogP contribution in [0.15, 0.2) is 69.6 Å². The molecule has 0 amide bonds. The van der Waals surface area contributed by atoms with Crippen LogP contribution in [0.3, 0.4) is 0 Å². The molecule has 0 bridgehead atoms. The van der Waals surface area contributed by atoms with Gasteiger partial charge in [0.2, 0.25) is 5.76 Å². The molecule has 0 saturated carbocycles. The third kappa shape index (κ3) is 3.52. The first-order valence-electron chi connectivity index (χ1n) is 8.33. The summed E-state index contributed by atoms with van der Waals surface area (Å²) in [6.07, 6.45) is 0.232. The number of para-hydroxylation sites is 1. The van der Waals surface area contributed by atoms with Crippen molar-refractivity contribution in [3.05, 3.63) is 77.5 Å². The summed E-state index contributed by atoms with van der Waals surface area (Å²) in [6.45, 7) is 2.05. The molecule has 0 fully saturated rings. The molecule has 0 atom stereocenters. The van der Waals surface area contributed by atoms with Crippen LogP contribution in [0, 0.1) is 6.92 Å². The second kappa shape index (κ2) is 6.88. The SMILES string of the molecule is Cc1cccc(CC(=O)OCc2cc(-c3cc4ccccc4o3)on2)c1. The molecular weight excluding hydrogens is 330 g/mol. The summed E-state index contributed by atoms with van der Waals surface area (Å²) < 4.78 is 16.3. The zero-order valence-corrected chi connectivity index (χ0v) is 14.3. The molecule has 0 aliphatic carbocycles. The van der Waals surface area contributed by atoms with Gasteiger partial charge < -0.3 is 13.7 Å². The number of carbonyl (C=O) groups excluding carboxylic acids is 1. The summed E-state index contributed by atoms with van der Waals surface area (Å²) in [7, 11) is 0. The molecule has 130 valence electrons. The van der Waals surface area contributed by atoms with Crippen LogP contribution < -0.4 is 0 Å². The van der Waals surface area contributed by atoms with Gasteiger partial charge in [-0.1, -0.05) is 53.2 Å². The van der Waals surface area contributed by atoms with Gasteiger partial charge >= 0.3 is 5.97 Å². The summed E-state index contributed by atoms with van der Waals surface area (Å²) >= 11 is 0. The maximum absolute atomic E-state index is 12.0. The normalized spacial score (nSPS) is 11.0. The van der Waals surface area contributed by atoms with E-state index in [1.54, 1.807) is 6.07 Å².